The van der Waals surface area contributed by atoms with E-state index in [-0.39, 0.29) is 18.5 Å². The summed E-state index contributed by atoms with van der Waals surface area (Å²) in [5.41, 5.74) is 6.16. The molecule has 0 aliphatic rings. The Kier molecular flexibility index (Phi) is 6.81. The lowest BCUT2D eigenvalue weighted by Crippen LogP contribution is -2.47. The number of benzene rings is 1. The van der Waals surface area contributed by atoms with Gasteiger partial charge in [-0.05, 0) is 33.0 Å². The largest absolute Gasteiger partial charge is 0.387 e. The predicted octanol–water partition coefficient (Wildman–Crippen LogP) is 0.895. The minimum absolute atomic E-state index is 0.0830. The number of likely N-dealkylation sites (N-methyl/N-ethyl adjacent to an activating group) is 1. The van der Waals surface area contributed by atoms with Crippen molar-refractivity contribution in [2.24, 2.45) is 5.73 Å². The summed E-state index contributed by atoms with van der Waals surface area (Å²) in [6, 6.07) is 9.60. The molecule has 0 aliphatic heterocycles. The number of aliphatic hydroxyl groups is 1. The van der Waals surface area contributed by atoms with Gasteiger partial charge in [-0.15, -0.1) is 0 Å². The number of nitrogens with two attached hydrogens (primary N) is 1. The van der Waals surface area contributed by atoms with Crippen LogP contribution in [0.2, 0.25) is 0 Å². The van der Waals surface area contributed by atoms with Crippen molar-refractivity contribution in [3.63, 3.8) is 0 Å². The fourth-order valence-corrected chi connectivity index (χ4v) is 2.27. The van der Waals surface area contributed by atoms with Gasteiger partial charge in [0.15, 0.2) is 0 Å². The molecule has 2 unspecified atom stereocenters. The third-order valence-electron chi connectivity index (χ3n) is 3.23. The first-order valence-corrected chi connectivity index (χ1v) is 7.24. The Morgan fingerprint density at radius 3 is 2.57 bits per heavy atom. The zero-order chi connectivity index (χ0) is 15.9. The van der Waals surface area contributed by atoms with Gasteiger partial charge in [-0.2, -0.15) is 0 Å². The molecule has 0 fully saturated rings. The first-order chi connectivity index (χ1) is 9.80. The van der Waals surface area contributed by atoms with Crippen molar-refractivity contribution >= 4 is 5.91 Å². The molecule has 0 aromatic heterocycles. The number of amides is 1. The van der Waals surface area contributed by atoms with Gasteiger partial charge in [-0.3, -0.25) is 4.79 Å². The number of carbonyl (C=O) groups excluding carboxylic acids is 1. The predicted molar refractivity (Wildman–Crippen MR) is 84.8 cm³/mol. The number of hydrogen-bond donors (Lipinski definition) is 3. The van der Waals surface area contributed by atoms with Crippen molar-refractivity contribution in [1.29, 1.82) is 0 Å². The van der Waals surface area contributed by atoms with E-state index in [1.165, 1.54) is 0 Å². The summed E-state index contributed by atoms with van der Waals surface area (Å²) in [4.78, 5) is 13.7. The van der Waals surface area contributed by atoms with Crippen LogP contribution in [0.25, 0.3) is 0 Å². The van der Waals surface area contributed by atoms with Crippen molar-refractivity contribution in [3.8, 4) is 0 Å². The van der Waals surface area contributed by atoms with Crippen LogP contribution in [0, 0.1) is 0 Å². The lowest BCUT2D eigenvalue weighted by atomic mass is 10.0. The highest BCUT2D eigenvalue weighted by Gasteiger charge is 2.22. The molecule has 1 aromatic carbocycles. The summed E-state index contributed by atoms with van der Waals surface area (Å²) in [5.74, 6) is -0.0830. The Bertz CT molecular complexity index is 432. The number of nitrogens with one attached hydrogen (secondary N) is 1. The summed E-state index contributed by atoms with van der Waals surface area (Å²) in [5, 5.41) is 12.9. The first kappa shape index (κ1) is 17.6. The Labute approximate surface area is 127 Å². The smallest absolute Gasteiger partial charge is 0.220 e. The van der Waals surface area contributed by atoms with Crippen LogP contribution >= 0.6 is 0 Å². The minimum atomic E-state index is -0.930. The van der Waals surface area contributed by atoms with Gasteiger partial charge in [0, 0.05) is 25.6 Å². The van der Waals surface area contributed by atoms with Crippen molar-refractivity contribution < 1.29 is 9.90 Å². The van der Waals surface area contributed by atoms with Gasteiger partial charge in [-0.25, -0.2) is 0 Å². The SMILES string of the molecule is CN(C)CC(C)(O)CNC(=O)CCC(N)c1ccccc1. The normalized spacial score (nSPS) is 15.5. The molecule has 2 atom stereocenters. The number of carbonyl (C=O) groups is 1. The highest BCUT2D eigenvalue weighted by Crippen LogP contribution is 2.15. The molecule has 0 bridgehead atoms. The molecule has 1 aromatic rings. The zero-order valence-electron chi connectivity index (χ0n) is 13.2. The fraction of sp³-hybridized carbons (Fsp3) is 0.562. The van der Waals surface area contributed by atoms with Crippen molar-refractivity contribution in [3.05, 3.63) is 35.9 Å². The topological polar surface area (TPSA) is 78.6 Å². The van der Waals surface area contributed by atoms with E-state index in [0.717, 1.165) is 5.56 Å². The van der Waals surface area contributed by atoms with Crippen LogP contribution in [0.1, 0.15) is 31.4 Å². The third kappa shape index (κ3) is 7.22. The van der Waals surface area contributed by atoms with Gasteiger partial charge < -0.3 is 21.1 Å². The summed E-state index contributed by atoms with van der Waals surface area (Å²) in [6.07, 6.45) is 0.944. The van der Waals surface area contributed by atoms with E-state index in [9.17, 15) is 9.90 Å². The maximum absolute atomic E-state index is 11.8. The lowest BCUT2D eigenvalue weighted by Gasteiger charge is -2.27. The van der Waals surface area contributed by atoms with Crippen molar-refractivity contribution in [2.45, 2.75) is 31.4 Å². The summed E-state index contributed by atoms with van der Waals surface area (Å²) < 4.78 is 0. The van der Waals surface area contributed by atoms with E-state index in [2.05, 4.69) is 5.32 Å². The second kappa shape index (κ2) is 8.12. The van der Waals surface area contributed by atoms with E-state index in [4.69, 9.17) is 5.73 Å². The molecule has 1 rings (SSSR count). The molecular weight excluding hydrogens is 266 g/mol. The Balaban J connectivity index is 2.31. The molecule has 0 spiro atoms. The highest BCUT2D eigenvalue weighted by molar-refractivity contribution is 5.76. The van der Waals surface area contributed by atoms with Gasteiger partial charge in [0.25, 0.3) is 0 Å². The molecule has 0 saturated carbocycles. The minimum Gasteiger partial charge on any atom is -0.387 e. The number of rotatable bonds is 8. The third-order valence-corrected chi connectivity index (χ3v) is 3.23. The van der Waals surface area contributed by atoms with Gasteiger partial charge in [-0.1, -0.05) is 30.3 Å². The molecule has 5 heteroatoms. The van der Waals surface area contributed by atoms with Crippen LogP contribution in [-0.4, -0.2) is 48.7 Å². The van der Waals surface area contributed by atoms with E-state index in [0.29, 0.717) is 19.4 Å². The zero-order valence-corrected chi connectivity index (χ0v) is 13.2. The van der Waals surface area contributed by atoms with E-state index in [1.807, 2.05) is 49.3 Å². The van der Waals surface area contributed by atoms with E-state index in [1.54, 1.807) is 6.92 Å². The molecular formula is C16H27N3O2. The molecule has 5 nitrogen and oxygen atoms in total. The second-order valence-corrected chi connectivity index (χ2v) is 6.07. The standard InChI is InChI=1S/C16H27N3O2/c1-16(21,12-19(2)3)11-18-15(20)10-9-14(17)13-7-5-4-6-8-13/h4-8,14,21H,9-12,17H2,1-3H3,(H,18,20). The molecule has 118 valence electrons. The van der Waals surface area contributed by atoms with Gasteiger partial charge >= 0.3 is 0 Å². The monoisotopic (exact) mass is 293 g/mol. The average Bonchev–Trinajstić information content (AvgIpc) is 2.42. The Hall–Kier alpha value is -1.43. The highest BCUT2D eigenvalue weighted by atomic mass is 16.3. The Morgan fingerprint density at radius 1 is 1.38 bits per heavy atom. The summed E-state index contributed by atoms with van der Waals surface area (Å²) in [7, 11) is 3.77. The van der Waals surface area contributed by atoms with Gasteiger partial charge in [0.1, 0.15) is 0 Å². The summed E-state index contributed by atoms with van der Waals surface area (Å²) >= 11 is 0. The molecule has 4 N–H and O–H groups in total. The molecule has 21 heavy (non-hydrogen) atoms. The number of hydrogen-bond acceptors (Lipinski definition) is 4. The van der Waals surface area contributed by atoms with Crippen molar-refractivity contribution in [2.75, 3.05) is 27.2 Å². The molecule has 0 saturated heterocycles. The number of nitrogens with zero attached hydrogens (tertiary/aromatic N) is 1. The molecule has 0 radical (unpaired) electrons. The fourth-order valence-electron chi connectivity index (χ4n) is 2.27. The molecule has 0 aliphatic carbocycles. The maximum Gasteiger partial charge on any atom is 0.220 e. The van der Waals surface area contributed by atoms with E-state index < -0.39 is 5.60 Å². The van der Waals surface area contributed by atoms with Crippen LogP contribution in [0.5, 0.6) is 0 Å². The van der Waals surface area contributed by atoms with Crippen LogP contribution in [0.3, 0.4) is 0 Å². The summed E-state index contributed by atoms with van der Waals surface area (Å²) in [6.45, 7) is 2.45. The Morgan fingerprint density at radius 2 is 2.00 bits per heavy atom. The first-order valence-electron chi connectivity index (χ1n) is 7.24. The average molecular weight is 293 g/mol. The quantitative estimate of drug-likeness (QED) is 0.665. The van der Waals surface area contributed by atoms with Crippen LogP contribution in [0.4, 0.5) is 0 Å². The van der Waals surface area contributed by atoms with Crippen LogP contribution in [0.15, 0.2) is 30.3 Å². The molecule has 1 amide bonds. The van der Waals surface area contributed by atoms with Gasteiger partial charge in [0.2, 0.25) is 5.91 Å². The van der Waals surface area contributed by atoms with Crippen molar-refractivity contribution in [1.82, 2.24) is 10.2 Å². The second-order valence-electron chi connectivity index (χ2n) is 6.07. The van der Waals surface area contributed by atoms with Crippen LogP contribution < -0.4 is 11.1 Å². The van der Waals surface area contributed by atoms with E-state index >= 15 is 0 Å². The van der Waals surface area contributed by atoms with Gasteiger partial charge in [0.05, 0.1) is 5.60 Å². The maximum atomic E-state index is 11.8. The molecule has 0 heterocycles. The lowest BCUT2D eigenvalue weighted by molar-refractivity contribution is -0.122. The van der Waals surface area contributed by atoms with Crippen LogP contribution in [-0.2, 0) is 4.79 Å².